The summed E-state index contributed by atoms with van der Waals surface area (Å²) in [7, 11) is 0. The van der Waals surface area contributed by atoms with Gasteiger partial charge in [-0.2, -0.15) is 0 Å². The summed E-state index contributed by atoms with van der Waals surface area (Å²) < 4.78 is 2.58. The van der Waals surface area contributed by atoms with Crippen molar-refractivity contribution in [3.63, 3.8) is 0 Å². The third-order valence-corrected chi connectivity index (χ3v) is 4.09. The van der Waals surface area contributed by atoms with E-state index in [0.717, 1.165) is 25.1 Å². The normalized spacial score (nSPS) is 10.8. The minimum absolute atomic E-state index is 0.101. The van der Waals surface area contributed by atoms with Gasteiger partial charge in [-0.25, -0.2) is 0 Å². The van der Waals surface area contributed by atoms with Gasteiger partial charge in [0.2, 0.25) is 0 Å². The highest BCUT2D eigenvalue weighted by atomic mass is 79.9. The van der Waals surface area contributed by atoms with Gasteiger partial charge in [0.25, 0.3) is 5.69 Å². The Balaban J connectivity index is 2.08. The predicted octanol–water partition coefficient (Wildman–Crippen LogP) is 3.71. The van der Waals surface area contributed by atoms with Crippen molar-refractivity contribution in [1.82, 2.24) is 9.88 Å². The Morgan fingerprint density at radius 1 is 1.38 bits per heavy atom. The molecule has 1 heterocycles. The average molecular weight is 352 g/mol. The van der Waals surface area contributed by atoms with E-state index >= 15 is 0 Å². The zero-order valence-electron chi connectivity index (χ0n) is 11.9. The van der Waals surface area contributed by atoms with Gasteiger partial charge < -0.3 is 9.88 Å². The van der Waals surface area contributed by atoms with Crippen LogP contribution in [-0.2, 0) is 13.1 Å². The molecule has 0 spiro atoms. The number of hydrogen-bond donors (Lipinski definition) is 1. The molecule has 1 aromatic carbocycles. The van der Waals surface area contributed by atoms with Gasteiger partial charge in [-0.15, -0.1) is 0 Å². The fraction of sp³-hybridized carbons (Fsp3) is 0.333. The summed E-state index contributed by atoms with van der Waals surface area (Å²) in [5.41, 5.74) is 2.21. The van der Waals surface area contributed by atoms with E-state index < -0.39 is 0 Å². The maximum absolute atomic E-state index is 10.9. The standard InChI is InChI=1S/C15H18BrN3O2/c1-2-7-17-9-12-6-8-18(10-12)11-13-4-3-5-14(15(13)16)19(20)21/h3-6,8,10,17H,2,7,9,11H2,1H3. The number of nitrogens with one attached hydrogen (secondary N) is 1. The van der Waals surface area contributed by atoms with Crippen molar-refractivity contribution < 1.29 is 4.92 Å². The molecule has 0 saturated carbocycles. The summed E-state index contributed by atoms with van der Waals surface area (Å²) >= 11 is 3.33. The first-order valence-electron chi connectivity index (χ1n) is 6.89. The second-order valence-electron chi connectivity index (χ2n) is 4.88. The minimum Gasteiger partial charge on any atom is -0.350 e. The van der Waals surface area contributed by atoms with Crippen LogP contribution < -0.4 is 5.32 Å². The van der Waals surface area contributed by atoms with E-state index in [4.69, 9.17) is 0 Å². The lowest BCUT2D eigenvalue weighted by atomic mass is 10.2. The Kier molecular flexibility index (Phi) is 5.52. The monoisotopic (exact) mass is 351 g/mol. The SMILES string of the molecule is CCCNCc1ccn(Cc2cccc([N+](=O)[O-])c2Br)c1. The van der Waals surface area contributed by atoms with Crippen LogP contribution in [0.2, 0.25) is 0 Å². The number of halogens is 1. The largest absolute Gasteiger partial charge is 0.350 e. The molecule has 1 aromatic heterocycles. The highest BCUT2D eigenvalue weighted by Gasteiger charge is 2.14. The first-order chi connectivity index (χ1) is 10.1. The van der Waals surface area contributed by atoms with Crippen molar-refractivity contribution in [1.29, 1.82) is 0 Å². The number of nitrogens with zero attached hydrogens (tertiary/aromatic N) is 2. The van der Waals surface area contributed by atoms with E-state index in [1.807, 2.05) is 16.8 Å². The van der Waals surface area contributed by atoms with Crippen molar-refractivity contribution in [2.75, 3.05) is 6.54 Å². The van der Waals surface area contributed by atoms with Crippen molar-refractivity contribution >= 4 is 21.6 Å². The molecule has 2 aromatic rings. The van der Waals surface area contributed by atoms with Gasteiger partial charge in [0.15, 0.2) is 0 Å². The summed E-state index contributed by atoms with van der Waals surface area (Å²) in [5, 5.41) is 14.3. The third kappa shape index (κ3) is 4.15. The van der Waals surface area contributed by atoms with Crippen LogP contribution in [0.4, 0.5) is 5.69 Å². The van der Waals surface area contributed by atoms with Crippen molar-refractivity contribution in [3.8, 4) is 0 Å². The van der Waals surface area contributed by atoms with Gasteiger partial charge in [-0.05, 0) is 46.1 Å². The number of hydrogen-bond acceptors (Lipinski definition) is 3. The molecule has 0 aliphatic heterocycles. The Hall–Kier alpha value is -1.66. The van der Waals surface area contributed by atoms with Crippen LogP contribution in [0, 0.1) is 10.1 Å². The molecule has 0 radical (unpaired) electrons. The fourth-order valence-electron chi connectivity index (χ4n) is 2.13. The van der Waals surface area contributed by atoms with Crippen LogP contribution in [0.1, 0.15) is 24.5 Å². The van der Waals surface area contributed by atoms with Crippen LogP contribution in [0.15, 0.2) is 41.1 Å². The van der Waals surface area contributed by atoms with Gasteiger partial charge >= 0.3 is 0 Å². The molecule has 2 rings (SSSR count). The highest BCUT2D eigenvalue weighted by Crippen LogP contribution is 2.28. The molecule has 0 saturated heterocycles. The molecular formula is C15H18BrN3O2. The highest BCUT2D eigenvalue weighted by molar-refractivity contribution is 9.10. The second-order valence-corrected chi connectivity index (χ2v) is 5.67. The van der Waals surface area contributed by atoms with Gasteiger partial charge in [0.1, 0.15) is 4.47 Å². The van der Waals surface area contributed by atoms with E-state index in [2.05, 4.69) is 40.4 Å². The summed E-state index contributed by atoms with van der Waals surface area (Å²) in [6.45, 7) is 4.59. The molecule has 0 atom stereocenters. The Morgan fingerprint density at radius 2 is 2.19 bits per heavy atom. The lowest BCUT2D eigenvalue weighted by Gasteiger charge is -2.06. The van der Waals surface area contributed by atoms with Gasteiger partial charge in [-0.3, -0.25) is 10.1 Å². The molecule has 0 bridgehead atoms. The topological polar surface area (TPSA) is 60.1 Å². The number of benzene rings is 1. The molecule has 21 heavy (non-hydrogen) atoms. The summed E-state index contributed by atoms with van der Waals surface area (Å²) in [5.74, 6) is 0. The lowest BCUT2D eigenvalue weighted by Crippen LogP contribution is -2.13. The maximum Gasteiger partial charge on any atom is 0.283 e. The lowest BCUT2D eigenvalue weighted by molar-refractivity contribution is -0.385. The zero-order valence-corrected chi connectivity index (χ0v) is 13.5. The molecule has 6 heteroatoms. The van der Waals surface area contributed by atoms with Gasteiger partial charge in [-0.1, -0.05) is 19.1 Å². The van der Waals surface area contributed by atoms with Crippen molar-refractivity contribution in [2.45, 2.75) is 26.4 Å². The number of nitro benzene ring substituents is 1. The summed E-state index contributed by atoms with van der Waals surface area (Å²) in [6.07, 6.45) is 5.17. The maximum atomic E-state index is 10.9. The van der Waals surface area contributed by atoms with E-state index in [1.54, 1.807) is 6.07 Å². The van der Waals surface area contributed by atoms with Gasteiger partial charge in [0, 0.05) is 31.5 Å². The predicted molar refractivity (Wildman–Crippen MR) is 86.3 cm³/mol. The molecule has 5 nitrogen and oxygen atoms in total. The fourth-order valence-corrected chi connectivity index (χ4v) is 2.66. The quantitative estimate of drug-likeness (QED) is 0.470. The molecular weight excluding hydrogens is 334 g/mol. The molecule has 1 N–H and O–H groups in total. The Morgan fingerprint density at radius 3 is 2.90 bits per heavy atom. The minimum atomic E-state index is -0.372. The van der Waals surface area contributed by atoms with E-state index in [0.29, 0.717) is 11.0 Å². The summed E-state index contributed by atoms with van der Waals surface area (Å²) in [6, 6.07) is 7.18. The van der Waals surface area contributed by atoms with Crippen LogP contribution in [0.25, 0.3) is 0 Å². The van der Waals surface area contributed by atoms with Crippen LogP contribution in [0.5, 0.6) is 0 Å². The van der Waals surface area contributed by atoms with E-state index in [9.17, 15) is 10.1 Å². The second kappa shape index (κ2) is 7.38. The number of rotatable bonds is 7. The molecule has 0 unspecified atom stereocenters. The van der Waals surface area contributed by atoms with Crippen LogP contribution >= 0.6 is 15.9 Å². The molecule has 0 aliphatic carbocycles. The third-order valence-electron chi connectivity index (χ3n) is 3.18. The number of aromatic nitrogens is 1. The van der Waals surface area contributed by atoms with Gasteiger partial charge in [0.05, 0.1) is 4.92 Å². The van der Waals surface area contributed by atoms with E-state index in [1.165, 1.54) is 11.6 Å². The Bertz CT molecular complexity index is 625. The van der Waals surface area contributed by atoms with Crippen LogP contribution in [-0.4, -0.2) is 16.0 Å². The number of nitro groups is 1. The Labute approximate surface area is 132 Å². The molecule has 0 amide bonds. The first kappa shape index (κ1) is 15.7. The van der Waals surface area contributed by atoms with Crippen molar-refractivity contribution in [2.24, 2.45) is 0 Å². The smallest absolute Gasteiger partial charge is 0.283 e. The molecule has 0 aliphatic rings. The zero-order chi connectivity index (χ0) is 15.2. The average Bonchev–Trinajstić information content (AvgIpc) is 2.89. The van der Waals surface area contributed by atoms with Crippen molar-refractivity contribution in [3.05, 3.63) is 62.4 Å². The van der Waals surface area contributed by atoms with Crippen LogP contribution in [0.3, 0.4) is 0 Å². The molecule has 112 valence electrons. The molecule has 0 fully saturated rings. The summed E-state index contributed by atoms with van der Waals surface area (Å²) in [4.78, 5) is 10.6. The first-order valence-corrected chi connectivity index (χ1v) is 7.68. The van der Waals surface area contributed by atoms with E-state index in [-0.39, 0.29) is 10.6 Å².